The second kappa shape index (κ2) is 7.63. The summed E-state index contributed by atoms with van der Waals surface area (Å²) in [4.78, 5) is 5.04. The molecular formula is C23H30N2O2. The summed E-state index contributed by atoms with van der Waals surface area (Å²) in [6.07, 6.45) is 0. The van der Waals surface area contributed by atoms with E-state index < -0.39 is 0 Å². The first kappa shape index (κ1) is 18.5. The molecule has 1 fully saturated rings. The Kier molecular flexibility index (Phi) is 5.22. The van der Waals surface area contributed by atoms with Crippen LogP contribution in [0, 0.1) is 13.8 Å². The molecule has 2 heterocycles. The van der Waals surface area contributed by atoms with Crippen LogP contribution in [-0.2, 0) is 21.7 Å². The second-order valence-electron chi connectivity index (χ2n) is 7.83. The fraction of sp³-hybridized carbons (Fsp3) is 0.478. The number of aryl methyl sites for hydroxylation is 1. The van der Waals surface area contributed by atoms with E-state index in [1.165, 1.54) is 27.9 Å². The summed E-state index contributed by atoms with van der Waals surface area (Å²) in [5.41, 5.74) is 6.31. The summed E-state index contributed by atoms with van der Waals surface area (Å²) in [6.45, 7) is 10.8. The van der Waals surface area contributed by atoms with E-state index in [0.717, 1.165) is 32.7 Å². The summed E-state index contributed by atoms with van der Waals surface area (Å²) in [5, 5.41) is 0. The number of anilines is 1. The van der Waals surface area contributed by atoms with Gasteiger partial charge in [-0.25, -0.2) is 0 Å². The third-order valence-corrected chi connectivity index (χ3v) is 6.26. The summed E-state index contributed by atoms with van der Waals surface area (Å²) < 4.78 is 12.0. The van der Waals surface area contributed by atoms with E-state index >= 15 is 0 Å². The zero-order valence-corrected chi connectivity index (χ0v) is 16.7. The van der Waals surface area contributed by atoms with Crippen molar-refractivity contribution in [1.82, 2.24) is 4.90 Å². The molecule has 0 N–H and O–H groups in total. The highest BCUT2D eigenvalue weighted by atomic mass is 16.5. The fourth-order valence-corrected chi connectivity index (χ4v) is 4.44. The minimum atomic E-state index is -0.365. The molecule has 4 nitrogen and oxygen atoms in total. The van der Waals surface area contributed by atoms with Crippen LogP contribution in [0.25, 0.3) is 0 Å². The van der Waals surface area contributed by atoms with E-state index in [1.807, 2.05) is 7.11 Å². The molecule has 27 heavy (non-hydrogen) atoms. The highest BCUT2D eigenvalue weighted by Gasteiger charge is 2.39. The maximum atomic E-state index is 6.07. The van der Waals surface area contributed by atoms with Gasteiger partial charge in [-0.1, -0.05) is 36.4 Å². The molecule has 4 rings (SSSR count). The molecule has 4 heteroatoms. The third-order valence-electron chi connectivity index (χ3n) is 6.26. The lowest BCUT2D eigenvalue weighted by atomic mass is 9.87. The van der Waals surface area contributed by atoms with Crippen molar-refractivity contribution in [2.24, 2.45) is 0 Å². The van der Waals surface area contributed by atoms with Crippen LogP contribution in [0.1, 0.15) is 22.3 Å². The molecular weight excluding hydrogens is 336 g/mol. The number of nitrogens with zero attached hydrogens (tertiary/aromatic N) is 2. The van der Waals surface area contributed by atoms with Gasteiger partial charge in [0.25, 0.3) is 0 Å². The van der Waals surface area contributed by atoms with Crippen LogP contribution in [0.2, 0.25) is 0 Å². The third kappa shape index (κ3) is 3.49. The minimum Gasteiger partial charge on any atom is -0.373 e. The van der Waals surface area contributed by atoms with Gasteiger partial charge in [0.1, 0.15) is 5.60 Å². The Balaban J connectivity index is 1.47. The Hall–Kier alpha value is -1.88. The van der Waals surface area contributed by atoms with Crippen LogP contribution in [0.4, 0.5) is 5.69 Å². The zero-order chi connectivity index (χ0) is 18.9. The molecule has 0 spiro atoms. The van der Waals surface area contributed by atoms with Crippen molar-refractivity contribution >= 4 is 5.69 Å². The van der Waals surface area contributed by atoms with E-state index in [9.17, 15) is 0 Å². The fourth-order valence-electron chi connectivity index (χ4n) is 4.44. The predicted molar refractivity (Wildman–Crippen MR) is 109 cm³/mol. The summed E-state index contributed by atoms with van der Waals surface area (Å²) in [5.74, 6) is 0. The van der Waals surface area contributed by atoms with E-state index in [-0.39, 0.29) is 5.60 Å². The first-order chi connectivity index (χ1) is 13.1. The van der Waals surface area contributed by atoms with E-state index in [1.54, 1.807) is 0 Å². The first-order valence-corrected chi connectivity index (χ1v) is 9.88. The standard InChI is InChI=1S/C23H30N2O2/c1-18-7-6-10-22(19(18)2)25-13-11-24(12-14-25)16-23(26-3)17-27-15-20-8-4-5-9-21(20)23/h4-10H,11-17H2,1-3H3. The molecule has 0 saturated carbocycles. The number of piperazine rings is 1. The van der Waals surface area contributed by atoms with Crippen molar-refractivity contribution in [3.63, 3.8) is 0 Å². The average Bonchev–Trinajstić information content (AvgIpc) is 2.71. The maximum Gasteiger partial charge on any atom is 0.129 e. The summed E-state index contributed by atoms with van der Waals surface area (Å²) in [6, 6.07) is 15.2. The van der Waals surface area contributed by atoms with Gasteiger partial charge >= 0.3 is 0 Å². The van der Waals surface area contributed by atoms with Crippen molar-refractivity contribution in [2.45, 2.75) is 26.1 Å². The molecule has 1 unspecified atom stereocenters. The lowest BCUT2D eigenvalue weighted by Crippen LogP contribution is -2.54. The maximum absolute atomic E-state index is 6.07. The molecule has 0 bridgehead atoms. The molecule has 144 valence electrons. The largest absolute Gasteiger partial charge is 0.373 e. The van der Waals surface area contributed by atoms with Crippen molar-refractivity contribution in [3.8, 4) is 0 Å². The lowest BCUT2D eigenvalue weighted by Gasteiger charge is -2.44. The molecule has 1 atom stereocenters. The van der Waals surface area contributed by atoms with E-state index in [0.29, 0.717) is 13.2 Å². The van der Waals surface area contributed by atoms with Crippen molar-refractivity contribution < 1.29 is 9.47 Å². The molecule has 0 aliphatic carbocycles. The van der Waals surface area contributed by atoms with Crippen LogP contribution in [-0.4, -0.2) is 51.3 Å². The highest BCUT2D eigenvalue weighted by Crippen LogP contribution is 2.34. The predicted octanol–water partition coefficient (Wildman–Crippen LogP) is 3.50. The topological polar surface area (TPSA) is 24.9 Å². The number of ether oxygens (including phenoxy) is 2. The quantitative estimate of drug-likeness (QED) is 0.827. The van der Waals surface area contributed by atoms with Gasteiger partial charge in [0.2, 0.25) is 0 Å². The van der Waals surface area contributed by atoms with Crippen molar-refractivity contribution in [1.29, 1.82) is 0 Å². The molecule has 0 radical (unpaired) electrons. The normalized spacial score (nSPS) is 23.3. The number of hydrogen-bond donors (Lipinski definition) is 0. The van der Waals surface area contributed by atoms with Crippen LogP contribution in [0.3, 0.4) is 0 Å². The Morgan fingerprint density at radius 2 is 1.78 bits per heavy atom. The summed E-state index contributed by atoms with van der Waals surface area (Å²) in [7, 11) is 1.82. The molecule has 1 saturated heterocycles. The first-order valence-electron chi connectivity index (χ1n) is 9.88. The van der Waals surface area contributed by atoms with Crippen molar-refractivity contribution in [3.05, 3.63) is 64.7 Å². The van der Waals surface area contributed by atoms with E-state index in [4.69, 9.17) is 9.47 Å². The molecule has 2 aromatic rings. The van der Waals surface area contributed by atoms with Crippen LogP contribution in [0.5, 0.6) is 0 Å². The van der Waals surface area contributed by atoms with Gasteiger partial charge < -0.3 is 14.4 Å². The van der Waals surface area contributed by atoms with Gasteiger partial charge in [0.15, 0.2) is 0 Å². The molecule has 2 aliphatic rings. The molecule has 0 aromatic heterocycles. The van der Waals surface area contributed by atoms with Crippen LogP contribution in [0.15, 0.2) is 42.5 Å². The lowest BCUT2D eigenvalue weighted by molar-refractivity contribution is -0.114. The number of benzene rings is 2. The van der Waals surface area contributed by atoms with Gasteiger partial charge in [-0.3, -0.25) is 4.90 Å². The van der Waals surface area contributed by atoms with Gasteiger partial charge in [0, 0.05) is 45.5 Å². The highest BCUT2D eigenvalue weighted by molar-refractivity contribution is 5.56. The van der Waals surface area contributed by atoms with E-state index in [2.05, 4.69) is 66.1 Å². The van der Waals surface area contributed by atoms with Gasteiger partial charge in [-0.05, 0) is 42.2 Å². The molecule has 2 aliphatic heterocycles. The minimum absolute atomic E-state index is 0.365. The zero-order valence-electron chi connectivity index (χ0n) is 16.7. The average molecular weight is 367 g/mol. The van der Waals surface area contributed by atoms with Crippen LogP contribution < -0.4 is 4.90 Å². The van der Waals surface area contributed by atoms with Gasteiger partial charge in [-0.2, -0.15) is 0 Å². The Labute approximate surface area is 162 Å². The molecule has 2 aromatic carbocycles. The van der Waals surface area contributed by atoms with Crippen molar-refractivity contribution in [2.75, 3.05) is 51.3 Å². The van der Waals surface area contributed by atoms with Gasteiger partial charge in [0.05, 0.1) is 13.2 Å². The smallest absolute Gasteiger partial charge is 0.129 e. The number of rotatable bonds is 4. The summed E-state index contributed by atoms with van der Waals surface area (Å²) >= 11 is 0. The van der Waals surface area contributed by atoms with Crippen LogP contribution >= 0.6 is 0 Å². The second-order valence-corrected chi connectivity index (χ2v) is 7.83. The number of fused-ring (bicyclic) bond motifs is 1. The SMILES string of the molecule is COC1(CN2CCN(c3cccc(C)c3C)CC2)COCc2ccccc21. The Morgan fingerprint density at radius 1 is 1.00 bits per heavy atom. The molecule has 0 amide bonds. The number of hydrogen-bond acceptors (Lipinski definition) is 4. The Bertz CT molecular complexity index is 799. The van der Waals surface area contributed by atoms with Gasteiger partial charge in [-0.15, -0.1) is 0 Å². The monoisotopic (exact) mass is 366 g/mol. The number of methoxy groups -OCH3 is 1. The Morgan fingerprint density at radius 3 is 2.56 bits per heavy atom.